The Morgan fingerprint density at radius 1 is 1.35 bits per heavy atom. The van der Waals surface area contributed by atoms with Gasteiger partial charge in [0.25, 0.3) is 0 Å². The van der Waals surface area contributed by atoms with Crippen molar-refractivity contribution in [3.05, 3.63) is 11.6 Å². The highest BCUT2D eigenvalue weighted by atomic mass is 32.2. The number of nitrogens with one attached hydrogen (secondary N) is 1. The van der Waals surface area contributed by atoms with Crippen LogP contribution in [0.1, 0.15) is 58.8 Å². The average Bonchev–Trinajstić information content (AvgIpc) is 2.62. The van der Waals surface area contributed by atoms with E-state index in [1.54, 1.807) is 5.57 Å². The van der Waals surface area contributed by atoms with Crippen LogP contribution in [0.4, 0.5) is 0 Å². The first-order valence-electron chi connectivity index (χ1n) is 7.32. The summed E-state index contributed by atoms with van der Waals surface area (Å²) in [5.74, 6) is 1.35. The lowest BCUT2D eigenvalue weighted by Gasteiger charge is -2.36. The molecule has 1 fully saturated rings. The summed E-state index contributed by atoms with van der Waals surface area (Å²) in [6.45, 7) is 5.81. The molecule has 1 heterocycles. The van der Waals surface area contributed by atoms with Crippen LogP contribution in [0, 0.1) is 0 Å². The lowest BCUT2D eigenvalue weighted by Crippen LogP contribution is -2.46. The predicted molar refractivity (Wildman–Crippen MR) is 78.7 cm³/mol. The van der Waals surface area contributed by atoms with Gasteiger partial charge >= 0.3 is 0 Å². The average molecular weight is 253 g/mol. The molecule has 2 heteroatoms. The second-order valence-corrected chi connectivity index (χ2v) is 7.26. The van der Waals surface area contributed by atoms with Gasteiger partial charge in [0.15, 0.2) is 0 Å². The number of rotatable bonds is 4. The molecular formula is C15H27NS. The largest absolute Gasteiger partial charge is 0.309 e. The predicted octanol–water partition coefficient (Wildman–Crippen LogP) is 4.14. The fraction of sp³-hybridized carbons (Fsp3) is 0.867. The molecule has 2 aliphatic rings. The molecule has 0 aromatic carbocycles. The zero-order chi connectivity index (χ0) is 12.1. The topological polar surface area (TPSA) is 12.0 Å². The maximum atomic E-state index is 3.77. The Bertz CT molecular complexity index is 266. The van der Waals surface area contributed by atoms with E-state index in [2.05, 4.69) is 37.0 Å². The molecule has 0 aromatic rings. The summed E-state index contributed by atoms with van der Waals surface area (Å²) in [6.07, 6.45) is 12.2. The summed E-state index contributed by atoms with van der Waals surface area (Å²) in [5.41, 5.74) is 1.71. The van der Waals surface area contributed by atoms with Crippen molar-refractivity contribution in [1.29, 1.82) is 0 Å². The molecule has 1 aliphatic carbocycles. The second-order valence-electron chi connectivity index (χ2n) is 5.63. The Hall–Kier alpha value is 0.0500. The molecule has 0 saturated carbocycles. The van der Waals surface area contributed by atoms with Crippen molar-refractivity contribution in [2.45, 2.75) is 69.6 Å². The minimum absolute atomic E-state index is 0.451. The fourth-order valence-electron chi connectivity index (χ4n) is 3.27. The zero-order valence-corrected chi connectivity index (χ0v) is 12.2. The number of hydrogen-bond donors (Lipinski definition) is 1. The van der Waals surface area contributed by atoms with Crippen LogP contribution >= 0.6 is 11.8 Å². The maximum Gasteiger partial charge on any atom is 0.0425 e. The Balaban J connectivity index is 2.12. The lowest BCUT2D eigenvalue weighted by molar-refractivity contribution is 0.442. The first-order valence-corrected chi connectivity index (χ1v) is 8.31. The molecule has 0 bridgehead atoms. The molecule has 1 nitrogen and oxygen atoms in total. The van der Waals surface area contributed by atoms with Crippen LogP contribution in [0.2, 0.25) is 0 Å². The van der Waals surface area contributed by atoms with E-state index in [1.165, 1.54) is 50.7 Å². The van der Waals surface area contributed by atoms with E-state index in [0.29, 0.717) is 10.8 Å². The van der Waals surface area contributed by atoms with Gasteiger partial charge in [-0.3, -0.25) is 0 Å². The monoisotopic (exact) mass is 253 g/mol. The lowest BCUT2D eigenvalue weighted by atomic mass is 9.88. The van der Waals surface area contributed by atoms with Gasteiger partial charge in [-0.15, -0.1) is 0 Å². The van der Waals surface area contributed by atoms with Gasteiger partial charge in [-0.1, -0.05) is 25.0 Å². The van der Waals surface area contributed by atoms with E-state index >= 15 is 0 Å². The summed E-state index contributed by atoms with van der Waals surface area (Å²) in [5, 5.41) is 3.77. The Labute approximate surface area is 111 Å². The molecule has 2 rings (SSSR count). The highest BCUT2D eigenvalue weighted by Crippen LogP contribution is 2.43. The van der Waals surface area contributed by atoms with Crippen molar-refractivity contribution in [2.24, 2.45) is 0 Å². The number of allylic oxidation sites excluding steroid dienone is 1. The van der Waals surface area contributed by atoms with E-state index in [1.807, 2.05) is 0 Å². The molecular weight excluding hydrogens is 226 g/mol. The van der Waals surface area contributed by atoms with Gasteiger partial charge in [0.1, 0.15) is 0 Å². The standard InChI is InChI=1S/C15H27NS/c1-3-16-14(15(2)11-8-12-17-15)13-9-6-4-5-7-10-13/h9,14,16H,3-8,10-12H2,1-2H3. The molecule has 1 saturated heterocycles. The van der Waals surface area contributed by atoms with Crippen molar-refractivity contribution in [3.63, 3.8) is 0 Å². The summed E-state index contributed by atoms with van der Waals surface area (Å²) in [7, 11) is 0. The Morgan fingerprint density at radius 2 is 2.24 bits per heavy atom. The fourth-order valence-corrected chi connectivity index (χ4v) is 4.72. The van der Waals surface area contributed by atoms with Crippen LogP contribution in [0.15, 0.2) is 11.6 Å². The van der Waals surface area contributed by atoms with Crippen molar-refractivity contribution >= 4 is 11.8 Å². The molecule has 17 heavy (non-hydrogen) atoms. The highest BCUT2D eigenvalue weighted by molar-refractivity contribution is 8.00. The third kappa shape index (κ3) is 3.29. The van der Waals surface area contributed by atoms with Gasteiger partial charge in [-0.25, -0.2) is 0 Å². The first-order chi connectivity index (χ1) is 8.26. The van der Waals surface area contributed by atoms with Gasteiger partial charge in [-0.05, 0) is 57.7 Å². The molecule has 0 radical (unpaired) electrons. The van der Waals surface area contributed by atoms with Gasteiger partial charge in [0.05, 0.1) is 0 Å². The third-order valence-corrected chi connectivity index (χ3v) is 5.81. The van der Waals surface area contributed by atoms with Gasteiger partial charge < -0.3 is 5.32 Å². The molecule has 2 atom stereocenters. The van der Waals surface area contributed by atoms with Crippen LogP contribution in [-0.2, 0) is 0 Å². The van der Waals surface area contributed by atoms with Crippen molar-refractivity contribution in [3.8, 4) is 0 Å². The third-order valence-electron chi connectivity index (χ3n) is 4.22. The van der Waals surface area contributed by atoms with E-state index in [-0.39, 0.29) is 0 Å². The van der Waals surface area contributed by atoms with E-state index < -0.39 is 0 Å². The number of likely N-dealkylation sites (N-methyl/N-ethyl adjacent to an activating group) is 1. The Morgan fingerprint density at radius 3 is 2.94 bits per heavy atom. The molecule has 98 valence electrons. The Kier molecular flexibility index (Phi) is 4.98. The quantitative estimate of drug-likeness (QED) is 0.756. The summed E-state index contributed by atoms with van der Waals surface area (Å²) in [4.78, 5) is 0. The van der Waals surface area contributed by atoms with E-state index in [4.69, 9.17) is 0 Å². The number of hydrogen-bond acceptors (Lipinski definition) is 2. The minimum atomic E-state index is 0.451. The molecule has 2 unspecified atom stereocenters. The summed E-state index contributed by atoms with van der Waals surface area (Å²) >= 11 is 2.19. The van der Waals surface area contributed by atoms with E-state index in [9.17, 15) is 0 Å². The zero-order valence-electron chi connectivity index (χ0n) is 11.4. The SMILES string of the molecule is CCNC(C1=CCCCCC1)C1(C)CCCS1. The first kappa shape index (κ1) is 13.5. The van der Waals surface area contributed by atoms with Gasteiger partial charge in [0.2, 0.25) is 0 Å². The molecule has 0 spiro atoms. The highest BCUT2D eigenvalue weighted by Gasteiger charge is 2.39. The molecule has 1 aliphatic heterocycles. The normalized spacial score (nSPS) is 32.0. The van der Waals surface area contributed by atoms with Crippen LogP contribution in [-0.4, -0.2) is 23.1 Å². The van der Waals surface area contributed by atoms with E-state index in [0.717, 1.165) is 6.54 Å². The summed E-state index contributed by atoms with van der Waals surface area (Å²) in [6, 6.07) is 0.623. The molecule has 0 aromatic heterocycles. The van der Waals surface area contributed by atoms with Gasteiger partial charge in [0, 0.05) is 10.8 Å². The van der Waals surface area contributed by atoms with Crippen molar-refractivity contribution in [2.75, 3.05) is 12.3 Å². The van der Waals surface area contributed by atoms with Crippen molar-refractivity contribution in [1.82, 2.24) is 5.32 Å². The van der Waals surface area contributed by atoms with Gasteiger partial charge in [-0.2, -0.15) is 11.8 Å². The minimum Gasteiger partial charge on any atom is -0.309 e. The van der Waals surface area contributed by atoms with Crippen LogP contribution in [0.25, 0.3) is 0 Å². The van der Waals surface area contributed by atoms with Crippen LogP contribution in [0.3, 0.4) is 0 Å². The van der Waals surface area contributed by atoms with Crippen LogP contribution < -0.4 is 5.32 Å². The summed E-state index contributed by atoms with van der Waals surface area (Å²) < 4.78 is 0.451. The second kappa shape index (κ2) is 6.29. The smallest absolute Gasteiger partial charge is 0.0425 e. The molecule has 1 N–H and O–H groups in total. The number of thioether (sulfide) groups is 1. The van der Waals surface area contributed by atoms with Crippen LogP contribution in [0.5, 0.6) is 0 Å². The van der Waals surface area contributed by atoms with Crippen molar-refractivity contribution < 1.29 is 0 Å². The maximum absolute atomic E-state index is 3.77. The molecule has 0 amide bonds.